The van der Waals surface area contributed by atoms with Gasteiger partial charge in [0.25, 0.3) is 10.1 Å². The van der Waals surface area contributed by atoms with Gasteiger partial charge in [-0.3, -0.25) is 8.98 Å². The molecule has 0 aliphatic carbocycles. The standard InChI is InChI=1S/C16H16F3N3O6S/c1-11-2-4-13(5-3-11)29(26,27)28-10-14-20-8-15(22(24)25)21(14)9-12(23)6-7-16(17,18)19/h2-5,8H,6-7,9-10H2,1H3. The number of aromatic nitrogens is 2. The average Bonchev–Trinajstić information content (AvgIpc) is 3.01. The molecular formula is C16H16F3N3O6S. The van der Waals surface area contributed by atoms with E-state index in [1.54, 1.807) is 19.1 Å². The van der Waals surface area contributed by atoms with Crippen LogP contribution in [0.5, 0.6) is 0 Å². The van der Waals surface area contributed by atoms with Crippen molar-refractivity contribution in [2.45, 2.75) is 44.0 Å². The fraction of sp³-hybridized carbons (Fsp3) is 0.375. The monoisotopic (exact) mass is 435 g/mol. The van der Waals surface area contributed by atoms with E-state index in [4.69, 9.17) is 4.18 Å². The van der Waals surface area contributed by atoms with Gasteiger partial charge in [0, 0.05) is 6.42 Å². The van der Waals surface area contributed by atoms with Gasteiger partial charge in [-0.15, -0.1) is 0 Å². The third kappa shape index (κ3) is 6.35. The maximum atomic E-state index is 12.3. The smallest absolute Gasteiger partial charge is 0.358 e. The molecule has 0 unspecified atom stereocenters. The molecule has 1 aromatic carbocycles. The summed E-state index contributed by atoms with van der Waals surface area (Å²) in [5, 5.41) is 11.1. The van der Waals surface area contributed by atoms with Gasteiger partial charge in [0.2, 0.25) is 5.82 Å². The number of Topliss-reactive ketones (excluding diaryl/α,β-unsaturated/α-hetero) is 1. The van der Waals surface area contributed by atoms with Crippen LogP contribution in [0.3, 0.4) is 0 Å². The van der Waals surface area contributed by atoms with Gasteiger partial charge in [-0.1, -0.05) is 17.7 Å². The van der Waals surface area contributed by atoms with Gasteiger partial charge in [-0.2, -0.15) is 21.6 Å². The molecule has 0 spiro atoms. The van der Waals surface area contributed by atoms with Crippen LogP contribution in [-0.4, -0.2) is 34.9 Å². The van der Waals surface area contributed by atoms with Crippen LogP contribution < -0.4 is 0 Å². The fourth-order valence-electron chi connectivity index (χ4n) is 2.28. The number of imidazole rings is 1. The summed E-state index contributed by atoms with van der Waals surface area (Å²) in [6.45, 7) is 0.245. The zero-order valence-corrected chi connectivity index (χ0v) is 15.9. The number of carbonyl (C=O) groups is 1. The minimum absolute atomic E-state index is 0.156. The Bertz CT molecular complexity index is 1000. The number of nitrogens with zero attached hydrogens (tertiary/aromatic N) is 3. The maximum absolute atomic E-state index is 12.3. The van der Waals surface area contributed by atoms with Crippen molar-refractivity contribution in [2.75, 3.05) is 0 Å². The van der Waals surface area contributed by atoms with Crippen LogP contribution in [0.4, 0.5) is 19.0 Å². The zero-order valence-electron chi connectivity index (χ0n) is 15.0. The molecule has 1 heterocycles. The molecule has 0 saturated heterocycles. The first-order chi connectivity index (χ1) is 13.4. The highest BCUT2D eigenvalue weighted by Crippen LogP contribution is 2.23. The number of halogens is 3. The molecule has 0 fully saturated rings. The second-order valence-electron chi connectivity index (χ2n) is 6.06. The predicted molar refractivity (Wildman–Crippen MR) is 92.3 cm³/mol. The third-order valence-electron chi connectivity index (χ3n) is 3.78. The average molecular weight is 435 g/mol. The summed E-state index contributed by atoms with van der Waals surface area (Å²) in [6, 6.07) is 5.70. The van der Waals surface area contributed by atoms with Gasteiger partial charge in [0.05, 0.1) is 11.3 Å². The number of hydrogen-bond acceptors (Lipinski definition) is 7. The molecule has 0 radical (unpaired) electrons. The molecule has 0 aliphatic heterocycles. The van der Waals surface area contributed by atoms with Crippen molar-refractivity contribution in [1.82, 2.24) is 9.55 Å². The van der Waals surface area contributed by atoms with E-state index in [1.807, 2.05) is 0 Å². The molecular weight excluding hydrogens is 419 g/mol. The fourth-order valence-corrected chi connectivity index (χ4v) is 3.14. The van der Waals surface area contributed by atoms with E-state index < -0.39 is 58.8 Å². The summed E-state index contributed by atoms with van der Waals surface area (Å²) >= 11 is 0. The van der Waals surface area contributed by atoms with Crippen LogP contribution in [0.1, 0.15) is 24.2 Å². The topological polar surface area (TPSA) is 121 Å². The highest BCUT2D eigenvalue weighted by atomic mass is 32.2. The molecule has 0 atom stereocenters. The Labute approximate surface area is 163 Å². The number of nitro groups is 1. The summed E-state index contributed by atoms with van der Waals surface area (Å²) in [6.07, 6.45) is -6.03. The largest absolute Gasteiger partial charge is 0.389 e. The van der Waals surface area contributed by atoms with E-state index >= 15 is 0 Å². The third-order valence-corrected chi connectivity index (χ3v) is 5.06. The molecule has 0 amide bonds. The molecule has 13 heteroatoms. The van der Waals surface area contributed by atoms with E-state index in [1.165, 1.54) is 12.1 Å². The Balaban J connectivity index is 2.17. The number of hydrogen-bond donors (Lipinski definition) is 0. The van der Waals surface area contributed by atoms with Crippen LogP contribution in [0, 0.1) is 17.0 Å². The first kappa shape index (κ1) is 22.5. The molecule has 2 rings (SSSR count). The Morgan fingerprint density at radius 2 is 1.90 bits per heavy atom. The number of benzene rings is 1. The lowest BCUT2D eigenvalue weighted by atomic mass is 10.2. The Morgan fingerprint density at radius 3 is 2.45 bits per heavy atom. The Hall–Kier alpha value is -2.80. The lowest BCUT2D eigenvalue weighted by Crippen LogP contribution is -2.18. The lowest BCUT2D eigenvalue weighted by molar-refractivity contribution is -0.392. The minimum atomic E-state index is -4.55. The van der Waals surface area contributed by atoms with Gasteiger partial charge in [0.15, 0.2) is 12.3 Å². The maximum Gasteiger partial charge on any atom is 0.389 e. The van der Waals surface area contributed by atoms with Crippen LogP contribution in [0.15, 0.2) is 35.4 Å². The first-order valence-electron chi connectivity index (χ1n) is 8.12. The van der Waals surface area contributed by atoms with Crippen molar-refractivity contribution in [3.8, 4) is 0 Å². The van der Waals surface area contributed by atoms with Gasteiger partial charge < -0.3 is 10.1 Å². The minimum Gasteiger partial charge on any atom is -0.358 e. The molecule has 9 nitrogen and oxygen atoms in total. The zero-order chi connectivity index (χ0) is 21.8. The predicted octanol–water partition coefficient (Wildman–Crippen LogP) is 2.92. The Morgan fingerprint density at radius 1 is 1.28 bits per heavy atom. The summed E-state index contributed by atoms with van der Waals surface area (Å²) in [4.78, 5) is 25.5. The van der Waals surface area contributed by atoms with Crippen LogP contribution >= 0.6 is 0 Å². The van der Waals surface area contributed by atoms with Crippen LogP contribution in [-0.2, 0) is 32.2 Å². The lowest BCUT2D eigenvalue weighted by Gasteiger charge is -2.08. The van der Waals surface area contributed by atoms with Gasteiger partial charge in [0.1, 0.15) is 12.8 Å². The van der Waals surface area contributed by atoms with Crippen molar-refractivity contribution in [3.05, 3.63) is 52.0 Å². The van der Waals surface area contributed by atoms with E-state index in [0.717, 1.165) is 16.3 Å². The van der Waals surface area contributed by atoms with Gasteiger partial charge >= 0.3 is 12.0 Å². The van der Waals surface area contributed by atoms with Gasteiger partial charge in [-0.25, -0.2) is 9.55 Å². The van der Waals surface area contributed by atoms with Crippen LogP contribution in [0.25, 0.3) is 0 Å². The number of aryl methyl sites for hydroxylation is 1. The number of rotatable bonds is 9. The van der Waals surface area contributed by atoms with Crippen molar-refractivity contribution in [2.24, 2.45) is 0 Å². The van der Waals surface area contributed by atoms with Crippen molar-refractivity contribution < 1.29 is 35.5 Å². The quantitative estimate of drug-likeness (QED) is 0.337. The SMILES string of the molecule is Cc1ccc(S(=O)(=O)OCc2ncc([N+](=O)[O-])n2CC(=O)CCC(F)(F)F)cc1. The van der Waals surface area contributed by atoms with Gasteiger partial charge in [-0.05, 0) is 24.0 Å². The second-order valence-corrected chi connectivity index (χ2v) is 7.67. The number of carbonyl (C=O) groups excluding carboxylic acids is 1. The van der Waals surface area contributed by atoms with E-state index in [9.17, 15) is 36.5 Å². The molecule has 2 aromatic rings. The van der Waals surface area contributed by atoms with E-state index in [2.05, 4.69) is 4.98 Å². The van der Waals surface area contributed by atoms with E-state index in [-0.39, 0.29) is 10.7 Å². The summed E-state index contributed by atoms with van der Waals surface area (Å²) in [5.74, 6) is -1.88. The molecule has 29 heavy (non-hydrogen) atoms. The van der Waals surface area contributed by atoms with Crippen molar-refractivity contribution >= 4 is 21.7 Å². The van der Waals surface area contributed by atoms with Crippen molar-refractivity contribution in [3.63, 3.8) is 0 Å². The summed E-state index contributed by atoms with van der Waals surface area (Å²) in [7, 11) is -4.22. The molecule has 158 valence electrons. The second kappa shape index (κ2) is 8.69. The highest BCUT2D eigenvalue weighted by molar-refractivity contribution is 7.86. The normalized spacial score (nSPS) is 12.1. The summed E-state index contributed by atoms with van der Waals surface area (Å²) in [5.41, 5.74) is 0.812. The first-order valence-corrected chi connectivity index (χ1v) is 9.53. The highest BCUT2D eigenvalue weighted by Gasteiger charge is 2.30. The van der Waals surface area contributed by atoms with Crippen LogP contribution in [0.2, 0.25) is 0 Å². The molecule has 0 saturated carbocycles. The van der Waals surface area contributed by atoms with Crippen molar-refractivity contribution in [1.29, 1.82) is 0 Å². The Kier molecular flexibility index (Phi) is 6.74. The number of ketones is 1. The number of alkyl halides is 3. The molecule has 0 bridgehead atoms. The molecule has 1 aromatic heterocycles. The summed E-state index contributed by atoms with van der Waals surface area (Å²) < 4.78 is 66.8. The van der Waals surface area contributed by atoms with E-state index in [0.29, 0.717) is 0 Å². The molecule has 0 N–H and O–H groups in total. The molecule has 0 aliphatic rings.